The molecule has 0 atom stereocenters. The highest BCUT2D eigenvalue weighted by Crippen LogP contribution is 2.37. The van der Waals surface area contributed by atoms with Crippen molar-refractivity contribution in [1.29, 1.82) is 0 Å². The minimum atomic E-state index is -0.261. The SMILES string of the molecule is O=C(/C=C/c1ccc(Br)s1)Nc1cc2c(cc1Cl)OCCO2. The minimum absolute atomic E-state index is 0.261. The van der Waals surface area contributed by atoms with Gasteiger partial charge < -0.3 is 14.8 Å². The van der Waals surface area contributed by atoms with Crippen molar-refractivity contribution in [2.45, 2.75) is 0 Å². The third kappa shape index (κ3) is 3.63. The molecule has 22 heavy (non-hydrogen) atoms. The van der Waals surface area contributed by atoms with E-state index in [1.165, 1.54) is 6.08 Å². The van der Waals surface area contributed by atoms with Gasteiger partial charge in [0.2, 0.25) is 5.91 Å². The van der Waals surface area contributed by atoms with Gasteiger partial charge in [0, 0.05) is 23.1 Å². The van der Waals surface area contributed by atoms with E-state index in [2.05, 4.69) is 21.2 Å². The molecular weight excluding hydrogens is 390 g/mol. The summed E-state index contributed by atoms with van der Waals surface area (Å²) < 4.78 is 11.9. The van der Waals surface area contributed by atoms with Crippen molar-refractivity contribution in [1.82, 2.24) is 0 Å². The van der Waals surface area contributed by atoms with E-state index in [0.717, 1.165) is 8.66 Å². The van der Waals surface area contributed by atoms with Crippen LogP contribution in [0.5, 0.6) is 11.5 Å². The number of thiophene rings is 1. The molecule has 7 heteroatoms. The third-order valence-corrected chi connectivity index (χ3v) is 4.78. The van der Waals surface area contributed by atoms with Gasteiger partial charge in [0.05, 0.1) is 14.5 Å². The van der Waals surface area contributed by atoms with Gasteiger partial charge in [0.15, 0.2) is 11.5 Å². The highest BCUT2D eigenvalue weighted by atomic mass is 79.9. The normalized spacial score (nSPS) is 13.4. The molecule has 2 heterocycles. The van der Waals surface area contributed by atoms with Crippen molar-refractivity contribution in [3.8, 4) is 11.5 Å². The summed E-state index contributed by atoms with van der Waals surface area (Å²) in [6.45, 7) is 0.976. The molecule has 0 saturated carbocycles. The van der Waals surface area contributed by atoms with E-state index >= 15 is 0 Å². The zero-order valence-corrected chi connectivity index (χ0v) is 14.4. The predicted molar refractivity (Wildman–Crippen MR) is 92.1 cm³/mol. The molecule has 3 rings (SSSR count). The zero-order chi connectivity index (χ0) is 15.5. The Morgan fingerprint density at radius 2 is 2.00 bits per heavy atom. The van der Waals surface area contributed by atoms with Crippen LogP contribution in [0.2, 0.25) is 5.02 Å². The van der Waals surface area contributed by atoms with Gasteiger partial charge >= 0.3 is 0 Å². The van der Waals surface area contributed by atoms with Crippen LogP contribution >= 0.6 is 38.9 Å². The van der Waals surface area contributed by atoms with Gasteiger partial charge in [-0.25, -0.2) is 0 Å². The Hall–Kier alpha value is -1.50. The molecule has 1 aromatic heterocycles. The van der Waals surface area contributed by atoms with Gasteiger partial charge in [0.25, 0.3) is 0 Å². The summed E-state index contributed by atoms with van der Waals surface area (Å²) in [6.07, 6.45) is 3.21. The summed E-state index contributed by atoms with van der Waals surface area (Å²) in [5.41, 5.74) is 0.493. The van der Waals surface area contributed by atoms with Crippen molar-refractivity contribution in [3.05, 3.63) is 44.0 Å². The molecule has 0 saturated heterocycles. The number of nitrogens with one attached hydrogen (secondary N) is 1. The summed E-state index contributed by atoms with van der Waals surface area (Å²) in [4.78, 5) is 13.0. The fourth-order valence-electron chi connectivity index (χ4n) is 1.91. The summed E-state index contributed by atoms with van der Waals surface area (Å²) in [6, 6.07) is 7.17. The van der Waals surface area contributed by atoms with E-state index in [-0.39, 0.29) is 5.91 Å². The van der Waals surface area contributed by atoms with Crippen molar-refractivity contribution in [3.63, 3.8) is 0 Å². The number of rotatable bonds is 3. The van der Waals surface area contributed by atoms with E-state index in [1.54, 1.807) is 29.5 Å². The average Bonchev–Trinajstić information content (AvgIpc) is 2.91. The molecule has 0 radical (unpaired) electrons. The monoisotopic (exact) mass is 399 g/mol. The fourth-order valence-corrected chi connectivity index (χ4v) is 3.44. The second kappa shape index (κ2) is 6.73. The summed E-state index contributed by atoms with van der Waals surface area (Å²) in [5.74, 6) is 0.911. The number of amides is 1. The van der Waals surface area contributed by atoms with Gasteiger partial charge in [0.1, 0.15) is 13.2 Å². The van der Waals surface area contributed by atoms with Crippen LogP contribution in [0.4, 0.5) is 5.69 Å². The number of halogens is 2. The highest BCUT2D eigenvalue weighted by Gasteiger charge is 2.15. The average molecular weight is 401 g/mol. The Bertz CT molecular complexity index is 744. The number of carbonyl (C=O) groups excluding carboxylic acids is 1. The van der Waals surface area contributed by atoms with Crippen molar-refractivity contribution < 1.29 is 14.3 Å². The van der Waals surface area contributed by atoms with Crippen LogP contribution in [0.3, 0.4) is 0 Å². The minimum Gasteiger partial charge on any atom is -0.486 e. The highest BCUT2D eigenvalue weighted by molar-refractivity contribution is 9.11. The lowest BCUT2D eigenvalue weighted by atomic mass is 10.2. The predicted octanol–water partition coefficient (Wildman–Crippen LogP) is 4.59. The Labute approximate surface area is 144 Å². The van der Waals surface area contributed by atoms with Crippen LogP contribution in [0.25, 0.3) is 6.08 Å². The first-order valence-electron chi connectivity index (χ1n) is 6.45. The van der Waals surface area contributed by atoms with Crippen molar-refractivity contribution >= 4 is 56.5 Å². The molecule has 1 N–H and O–H groups in total. The van der Waals surface area contributed by atoms with Gasteiger partial charge in [-0.1, -0.05) is 11.6 Å². The summed E-state index contributed by atoms with van der Waals surface area (Å²) in [7, 11) is 0. The van der Waals surface area contributed by atoms with Crippen LogP contribution in [0, 0.1) is 0 Å². The number of hydrogen-bond donors (Lipinski definition) is 1. The molecule has 1 aliphatic heterocycles. The van der Waals surface area contributed by atoms with Crippen LogP contribution in [0.15, 0.2) is 34.1 Å². The third-order valence-electron chi connectivity index (χ3n) is 2.88. The lowest BCUT2D eigenvalue weighted by Crippen LogP contribution is -2.16. The summed E-state index contributed by atoms with van der Waals surface area (Å²) in [5, 5.41) is 3.14. The maximum absolute atomic E-state index is 12.0. The van der Waals surface area contributed by atoms with Gasteiger partial charge in [-0.3, -0.25) is 4.79 Å². The number of hydrogen-bond acceptors (Lipinski definition) is 4. The standard InChI is InChI=1S/C15H11BrClNO3S/c16-14-3-1-9(22-14)2-4-15(19)18-11-8-13-12(7-10(11)17)20-5-6-21-13/h1-4,7-8H,5-6H2,(H,18,19)/b4-2+. The van der Waals surface area contributed by atoms with Crippen molar-refractivity contribution in [2.75, 3.05) is 18.5 Å². The summed E-state index contributed by atoms with van der Waals surface area (Å²) >= 11 is 11.1. The Morgan fingerprint density at radius 3 is 2.68 bits per heavy atom. The number of carbonyl (C=O) groups is 1. The van der Waals surface area contributed by atoms with Crippen LogP contribution < -0.4 is 14.8 Å². The second-order valence-corrected chi connectivity index (χ2v) is 7.34. The van der Waals surface area contributed by atoms with Crippen LogP contribution in [0.1, 0.15) is 4.88 Å². The Morgan fingerprint density at radius 1 is 1.27 bits per heavy atom. The lowest BCUT2D eigenvalue weighted by molar-refractivity contribution is -0.111. The largest absolute Gasteiger partial charge is 0.486 e. The number of anilines is 1. The van der Waals surface area contributed by atoms with E-state index in [9.17, 15) is 4.79 Å². The number of benzene rings is 1. The zero-order valence-electron chi connectivity index (χ0n) is 11.3. The molecule has 1 aliphatic rings. The fraction of sp³-hybridized carbons (Fsp3) is 0.133. The first kappa shape index (κ1) is 15.4. The molecule has 0 unspecified atom stereocenters. The van der Waals surface area contributed by atoms with Gasteiger partial charge in [-0.15, -0.1) is 11.3 Å². The molecular formula is C15H11BrClNO3S. The molecule has 0 aliphatic carbocycles. The molecule has 4 nitrogen and oxygen atoms in total. The quantitative estimate of drug-likeness (QED) is 0.767. The maximum Gasteiger partial charge on any atom is 0.248 e. The molecule has 0 fully saturated rings. The smallest absolute Gasteiger partial charge is 0.248 e. The first-order chi connectivity index (χ1) is 10.6. The number of ether oxygens (including phenoxy) is 2. The Balaban J connectivity index is 1.72. The van der Waals surface area contributed by atoms with E-state index in [4.69, 9.17) is 21.1 Å². The van der Waals surface area contributed by atoms with Gasteiger partial charge in [-0.2, -0.15) is 0 Å². The van der Waals surface area contributed by atoms with E-state index in [1.807, 2.05) is 12.1 Å². The van der Waals surface area contributed by atoms with E-state index < -0.39 is 0 Å². The van der Waals surface area contributed by atoms with Crippen LogP contribution in [-0.4, -0.2) is 19.1 Å². The molecule has 1 amide bonds. The van der Waals surface area contributed by atoms with Crippen LogP contribution in [-0.2, 0) is 4.79 Å². The topological polar surface area (TPSA) is 47.6 Å². The second-order valence-electron chi connectivity index (χ2n) is 4.44. The molecule has 114 valence electrons. The van der Waals surface area contributed by atoms with Gasteiger partial charge in [-0.05, 0) is 34.1 Å². The first-order valence-corrected chi connectivity index (χ1v) is 8.44. The van der Waals surface area contributed by atoms with Crippen molar-refractivity contribution in [2.24, 2.45) is 0 Å². The number of fused-ring (bicyclic) bond motifs is 1. The molecule has 0 spiro atoms. The Kier molecular flexibility index (Phi) is 4.71. The molecule has 1 aromatic carbocycles. The lowest BCUT2D eigenvalue weighted by Gasteiger charge is -2.19. The maximum atomic E-state index is 12.0. The van der Waals surface area contributed by atoms with E-state index in [0.29, 0.717) is 35.4 Å². The molecule has 0 bridgehead atoms. The molecule has 2 aromatic rings.